The summed E-state index contributed by atoms with van der Waals surface area (Å²) >= 11 is 0. The van der Waals surface area contributed by atoms with Crippen LogP contribution in [0.4, 0.5) is 5.69 Å². The molecule has 0 saturated carbocycles. The normalized spacial score (nSPS) is 12.0. The average molecular weight is 382 g/mol. The summed E-state index contributed by atoms with van der Waals surface area (Å²) in [6.07, 6.45) is 1.86. The molecule has 0 aliphatic heterocycles. The summed E-state index contributed by atoms with van der Waals surface area (Å²) in [6, 6.07) is 14.7. The minimum atomic E-state index is -3.69. The average Bonchev–Trinajstić information content (AvgIpc) is 2.89. The molecule has 2 aromatic carbocycles. The Morgan fingerprint density at radius 1 is 0.926 bits per heavy atom. The summed E-state index contributed by atoms with van der Waals surface area (Å²) in [4.78, 5) is 4.70. The van der Waals surface area contributed by atoms with Crippen molar-refractivity contribution in [3.8, 4) is 5.69 Å². The van der Waals surface area contributed by atoms with Crippen LogP contribution in [0, 0.1) is 27.7 Å². The molecule has 3 rings (SSSR count). The van der Waals surface area contributed by atoms with E-state index in [1.165, 1.54) is 23.3 Å². The van der Waals surface area contributed by atoms with Crippen molar-refractivity contribution in [1.82, 2.24) is 4.57 Å². The number of benzene rings is 2. The number of hydrogen-bond donors (Lipinski definition) is 1. The smallest absolute Gasteiger partial charge is 0.238 e. The first kappa shape index (κ1) is 19.1. The molecule has 0 radical (unpaired) electrons. The molecule has 0 saturated heterocycles. The summed E-state index contributed by atoms with van der Waals surface area (Å²) in [7, 11) is -3.69. The minimum absolute atomic E-state index is 0.102. The van der Waals surface area contributed by atoms with Gasteiger partial charge in [-0.05, 0) is 81.3 Å². The van der Waals surface area contributed by atoms with E-state index in [0.717, 1.165) is 28.3 Å². The Balaban J connectivity index is 1.95. The van der Waals surface area contributed by atoms with Crippen LogP contribution in [0.25, 0.3) is 5.69 Å². The van der Waals surface area contributed by atoms with Crippen molar-refractivity contribution in [3.63, 3.8) is 0 Å². The zero-order valence-corrected chi connectivity index (χ0v) is 16.7. The predicted molar refractivity (Wildman–Crippen MR) is 110 cm³/mol. The maximum atomic E-state index is 11.4. The fraction of sp³-hybridized carbons (Fsp3) is 0.190. The molecule has 0 spiro atoms. The van der Waals surface area contributed by atoms with Crippen molar-refractivity contribution >= 4 is 21.9 Å². The van der Waals surface area contributed by atoms with Crippen LogP contribution < -0.4 is 5.14 Å². The van der Waals surface area contributed by atoms with E-state index in [9.17, 15) is 8.42 Å². The highest BCUT2D eigenvalue weighted by atomic mass is 32.2. The third kappa shape index (κ3) is 4.02. The van der Waals surface area contributed by atoms with Gasteiger partial charge in [-0.1, -0.05) is 6.07 Å². The quantitative estimate of drug-likeness (QED) is 0.690. The molecule has 140 valence electrons. The monoisotopic (exact) mass is 381 g/mol. The predicted octanol–water partition coefficient (Wildman–Crippen LogP) is 4.11. The van der Waals surface area contributed by atoms with E-state index in [-0.39, 0.29) is 4.90 Å². The second-order valence-electron chi connectivity index (χ2n) is 6.73. The standard InChI is InChI=1S/C21H23N3O2S/c1-14-5-6-19(11-15(14)2)23-13-18-12-16(3)24(17(18)4)20-7-9-21(10-8-20)27(22,25)26/h5-13H,1-4H3,(H2,22,25,26). The lowest BCUT2D eigenvalue weighted by molar-refractivity contribution is 0.598. The number of hydrogen-bond acceptors (Lipinski definition) is 3. The van der Waals surface area contributed by atoms with Crippen LogP contribution in [-0.2, 0) is 10.0 Å². The fourth-order valence-electron chi connectivity index (χ4n) is 3.05. The molecule has 0 atom stereocenters. The SMILES string of the molecule is Cc1ccc(N=Cc2cc(C)n(-c3ccc(S(N)(=O)=O)cc3)c2C)cc1C. The molecular formula is C21H23N3O2S. The van der Waals surface area contributed by atoms with E-state index in [4.69, 9.17) is 5.14 Å². The third-order valence-electron chi connectivity index (χ3n) is 4.74. The van der Waals surface area contributed by atoms with Gasteiger partial charge in [-0.3, -0.25) is 4.99 Å². The number of rotatable bonds is 4. The van der Waals surface area contributed by atoms with Crippen LogP contribution in [0.1, 0.15) is 28.1 Å². The summed E-state index contributed by atoms with van der Waals surface area (Å²) < 4.78 is 24.9. The van der Waals surface area contributed by atoms with Gasteiger partial charge in [0.15, 0.2) is 0 Å². The number of aromatic nitrogens is 1. The highest BCUT2D eigenvalue weighted by molar-refractivity contribution is 7.89. The van der Waals surface area contributed by atoms with Crippen molar-refractivity contribution in [1.29, 1.82) is 0 Å². The summed E-state index contributed by atoms with van der Waals surface area (Å²) in [5.74, 6) is 0. The topological polar surface area (TPSA) is 77.5 Å². The van der Waals surface area contributed by atoms with Crippen molar-refractivity contribution in [2.45, 2.75) is 32.6 Å². The Morgan fingerprint density at radius 2 is 1.59 bits per heavy atom. The lowest BCUT2D eigenvalue weighted by Gasteiger charge is -2.10. The molecule has 3 aromatic rings. The summed E-state index contributed by atoms with van der Waals surface area (Å²) in [5, 5.41) is 5.17. The van der Waals surface area contributed by atoms with Crippen LogP contribution in [-0.4, -0.2) is 19.2 Å². The van der Waals surface area contributed by atoms with Gasteiger partial charge >= 0.3 is 0 Å². The van der Waals surface area contributed by atoms with E-state index in [1.54, 1.807) is 12.1 Å². The molecule has 0 amide bonds. The molecule has 0 bridgehead atoms. The van der Waals surface area contributed by atoms with Gasteiger partial charge < -0.3 is 4.57 Å². The first-order valence-electron chi connectivity index (χ1n) is 8.60. The van der Waals surface area contributed by atoms with E-state index < -0.39 is 10.0 Å². The number of nitrogens with two attached hydrogens (primary N) is 1. The van der Waals surface area contributed by atoms with Crippen LogP contribution in [0.2, 0.25) is 0 Å². The summed E-state index contributed by atoms with van der Waals surface area (Å²) in [5.41, 5.74) is 7.34. The highest BCUT2D eigenvalue weighted by Crippen LogP contribution is 2.22. The Bertz CT molecular complexity index is 1120. The second kappa shape index (κ2) is 7.13. The second-order valence-corrected chi connectivity index (χ2v) is 8.29. The molecule has 0 fully saturated rings. The van der Waals surface area contributed by atoms with Gasteiger partial charge in [-0.15, -0.1) is 0 Å². The number of primary sulfonamides is 1. The molecule has 1 heterocycles. The lowest BCUT2D eigenvalue weighted by Crippen LogP contribution is -2.12. The third-order valence-corrected chi connectivity index (χ3v) is 5.67. The Kier molecular flexibility index (Phi) is 5.04. The zero-order chi connectivity index (χ0) is 19.8. The number of aryl methyl sites for hydroxylation is 3. The minimum Gasteiger partial charge on any atom is -0.318 e. The van der Waals surface area contributed by atoms with E-state index in [0.29, 0.717) is 0 Å². The van der Waals surface area contributed by atoms with Crippen molar-refractivity contribution in [2.75, 3.05) is 0 Å². The zero-order valence-electron chi connectivity index (χ0n) is 15.9. The van der Waals surface area contributed by atoms with Crippen LogP contribution in [0.5, 0.6) is 0 Å². The Hall–Kier alpha value is -2.70. The van der Waals surface area contributed by atoms with Crippen LogP contribution in [0.3, 0.4) is 0 Å². The highest BCUT2D eigenvalue weighted by Gasteiger charge is 2.12. The van der Waals surface area contributed by atoms with Gasteiger partial charge in [-0.25, -0.2) is 13.6 Å². The van der Waals surface area contributed by atoms with E-state index >= 15 is 0 Å². The van der Waals surface area contributed by atoms with Crippen LogP contribution >= 0.6 is 0 Å². The molecule has 2 N–H and O–H groups in total. The molecule has 27 heavy (non-hydrogen) atoms. The van der Waals surface area contributed by atoms with Crippen molar-refractivity contribution in [2.24, 2.45) is 10.1 Å². The van der Waals surface area contributed by atoms with E-state index in [2.05, 4.69) is 41.6 Å². The molecule has 0 aliphatic rings. The van der Waals surface area contributed by atoms with Crippen LogP contribution in [0.15, 0.2) is 58.4 Å². The fourth-order valence-corrected chi connectivity index (χ4v) is 3.57. The largest absolute Gasteiger partial charge is 0.318 e. The van der Waals surface area contributed by atoms with Crippen molar-refractivity contribution in [3.05, 3.63) is 76.6 Å². The first-order valence-corrected chi connectivity index (χ1v) is 10.1. The number of sulfonamides is 1. The lowest BCUT2D eigenvalue weighted by atomic mass is 10.1. The van der Waals surface area contributed by atoms with E-state index in [1.807, 2.05) is 26.1 Å². The van der Waals surface area contributed by atoms with Gasteiger partial charge in [0.05, 0.1) is 10.6 Å². The van der Waals surface area contributed by atoms with Gasteiger partial charge in [0.2, 0.25) is 10.0 Å². The Labute approximate surface area is 160 Å². The number of nitrogens with zero attached hydrogens (tertiary/aromatic N) is 2. The van der Waals surface area contributed by atoms with Gasteiger partial charge in [0, 0.05) is 28.9 Å². The maximum absolute atomic E-state index is 11.4. The first-order chi connectivity index (χ1) is 12.7. The van der Waals surface area contributed by atoms with Gasteiger partial charge in [-0.2, -0.15) is 0 Å². The maximum Gasteiger partial charge on any atom is 0.238 e. The molecular weight excluding hydrogens is 358 g/mol. The van der Waals surface area contributed by atoms with Gasteiger partial charge in [0.1, 0.15) is 0 Å². The summed E-state index contributed by atoms with van der Waals surface area (Å²) in [6.45, 7) is 8.18. The van der Waals surface area contributed by atoms with Crippen molar-refractivity contribution < 1.29 is 8.42 Å². The molecule has 6 heteroatoms. The molecule has 1 aromatic heterocycles. The van der Waals surface area contributed by atoms with Gasteiger partial charge in [0.25, 0.3) is 0 Å². The molecule has 0 aliphatic carbocycles. The Morgan fingerprint density at radius 3 is 2.19 bits per heavy atom. The molecule has 0 unspecified atom stereocenters. The molecule has 5 nitrogen and oxygen atoms in total. The number of aliphatic imine (C=N–C) groups is 1.